The Balaban J connectivity index is 2.43. The molecule has 0 aromatic heterocycles. The summed E-state index contributed by atoms with van der Waals surface area (Å²) in [6.07, 6.45) is 0. The second kappa shape index (κ2) is 6.33. The van der Waals surface area contributed by atoms with Gasteiger partial charge in [-0.05, 0) is 24.7 Å². The zero-order valence-electron chi connectivity index (χ0n) is 8.59. The standard InChI is InChI=1S/C11H16ClNS/c1-3-13-8-9(2)14-11-6-4-5-10(12)7-11/h4-7,9,13H,3,8H2,1-2H3. The number of benzene rings is 1. The van der Waals surface area contributed by atoms with E-state index in [-0.39, 0.29) is 0 Å². The van der Waals surface area contributed by atoms with Crippen LogP contribution < -0.4 is 5.32 Å². The van der Waals surface area contributed by atoms with Crippen LogP contribution in [0.1, 0.15) is 13.8 Å². The van der Waals surface area contributed by atoms with Gasteiger partial charge in [0.05, 0.1) is 0 Å². The molecule has 0 aliphatic heterocycles. The highest BCUT2D eigenvalue weighted by molar-refractivity contribution is 8.00. The minimum Gasteiger partial charge on any atom is -0.316 e. The quantitative estimate of drug-likeness (QED) is 0.777. The van der Waals surface area contributed by atoms with Gasteiger partial charge < -0.3 is 5.32 Å². The Morgan fingerprint density at radius 3 is 2.93 bits per heavy atom. The zero-order valence-corrected chi connectivity index (χ0v) is 10.2. The van der Waals surface area contributed by atoms with Gasteiger partial charge in [0.25, 0.3) is 0 Å². The van der Waals surface area contributed by atoms with Crippen LogP contribution in [-0.2, 0) is 0 Å². The number of hydrogen-bond donors (Lipinski definition) is 1. The summed E-state index contributed by atoms with van der Waals surface area (Å²) in [5.41, 5.74) is 0. The van der Waals surface area contributed by atoms with E-state index in [1.54, 1.807) is 0 Å². The highest BCUT2D eigenvalue weighted by atomic mass is 35.5. The lowest BCUT2D eigenvalue weighted by Gasteiger charge is -2.11. The van der Waals surface area contributed by atoms with E-state index in [1.165, 1.54) is 4.90 Å². The van der Waals surface area contributed by atoms with Crippen LogP contribution in [0.2, 0.25) is 5.02 Å². The van der Waals surface area contributed by atoms with Crippen LogP contribution in [0.3, 0.4) is 0 Å². The molecule has 1 N–H and O–H groups in total. The predicted molar refractivity (Wildman–Crippen MR) is 65.3 cm³/mol. The van der Waals surface area contributed by atoms with Gasteiger partial charge in [0, 0.05) is 21.7 Å². The van der Waals surface area contributed by atoms with E-state index in [1.807, 2.05) is 30.0 Å². The molecule has 1 rings (SSSR count). The van der Waals surface area contributed by atoms with Crippen molar-refractivity contribution in [2.75, 3.05) is 13.1 Å². The summed E-state index contributed by atoms with van der Waals surface area (Å²) in [4.78, 5) is 1.24. The fraction of sp³-hybridized carbons (Fsp3) is 0.455. The van der Waals surface area contributed by atoms with Crippen molar-refractivity contribution in [2.24, 2.45) is 0 Å². The lowest BCUT2D eigenvalue weighted by atomic mass is 10.4. The molecule has 0 saturated carbocycles. The third kappa shape index (κ3) is 4.36. The van der Waals surface area contributed by atoms with Crippen LogP contribution >= 0.6 is 23.4 Å². The van der Waals surface area contributed by atoms with Crippen molar-refractivity contribution < 1.29 is 0 Å². The first-order valence-corrected chi connectivity index (χ1v) is 6.11. The molecule has 0 aliphatic carbocycles. The van der Waals surface area contributed by atoms with Crippen LogP contribution in [0.25, 0.3) is 0 Å². The van der Waals surface area contributed by atoms with Crippen molar-refractivity contribution >= 4 is 23.4 Å². The van der Waals surface area contributed by atoms with Gasteiger partial charge in [-0.2, -0.15) is 0 Å². The average molecular weight is 230 g/mol. The topological polar surface area (TPSA) is 12.0 Å². The van der Waals surface area contributed by atoms with Crippen molar-refractivity contribution in [2.45, 2.75) is 24.0 Å². The minimum atomic E-state index is 0.577. The summed E-state index contributed by atoms with van der Waals surface area (Å²) in [7, 11) is 0. The van der Waals surface area contributed by atoms with E-state index in [0.717, 1.165) is 18.1 Å². The lowest BCUT2D eigenvalue weighted by molar-refractivity contribution is 0.713. The fourth-order valence-electron chi connectivity index (χ4n) is 1.16. The van der Waals surface area contributed by atoms with Gasteiger partial charge in [0.1, 0.15) is 0 Å². The number of rotatable bonds is 5. The maximum Gasteiger partial charge on any atom is 0.0417 e. The molecule has 1 atom stereocenters. The molecule has 78 valence electrons. The minimum absolute atomic E-state index is 0.577. The normalized spacial score (nSPS) is 12.8. The zero-order chi connectivity index (χ0) is 10.4. The van der Waals surface area contributed by atoms with Crippen LogP contribution in [0.4, 0.5) is 0 Å². The van der Waals surface area contributed by atoms with Crippen LogP contribution in [0.5, 0.6) is 0 Å². The number of hydrogen-bond acceptors (Lipinski definition) is 2. The maximum atomic E-state index is 5.90. The molecule has 1 aromatic carbocycles. The molecule has 0 spiro atoms. The molecule has 0 bridgehead atoms. The molecule has 14 heavy (non-hydrogen) atoms. The second-order valence-electron chi connectivity index (χ2n) is 3.19. The summed E-state index contributed by atoms with van der Waals surface area (Å²) in [6.45, 7) is 6.40. The smallest absolute Gasteiger partial charge is 0.0417 e. The fourth-order valence-corrected chi connectivity index (χ4v) is 2.43. The molecule has 3 heteroatoms. The van der Waals surface area contributed by atoms with Gasteiger partial charge in [-0.15, -0.1) is 11.8 Å². The lowest BCUT2D eigenvalue weighted by Crippen LogP contribution is -2.21. The van der Waals surface area contributed by atoms with E-state index in [0.29, 0.717) is 5.25 Å². The number of nitrogens with one attached hydrogen (secondary N) is 1. The Kier molecular flexibility index (Phi) is 5.38. The Morgan fingerprint density at radius 1 is 1.50 bits per heavy atom. The summed E-state index contributed by atoms with van der Waals surface area (Å²) in [6, 6.07) is 8.00. The molecule has 0 heterocycles. The summed E-state index contributed by atoms with van der Waals surface area (Å²) < 4.78 is 0. The van der Waals surface area contributed by atoms with Crippen LogP contribution in [-0.4, -0.2) is 18.3 Å². The van der Waals surface area contributed by atoms with Gasteiger partial charge in [-0.3, -0.25) is 0 Å². The molecule has 1 aromatic rings. The SMILES string of the molecule is CCNCC(C)Sc1cccc(Cl)c1. The molecule has 1 nitrogen and oxygen atoms in total. The van der Waals surface area contributed by atoms with Gasteiger partial charge in [0.15, 0.2) is 0 Å². The average Bonchev–Trinajstić information content (AvgIpc) is 2.15. The van der Waals surface area contributed by atoms with E-state index in [4.69, 9.17) is 11.6 Å². The monoisotopic (exact) mass is 229 g/mol. The summed E-state index contributed by atoms with van der Waals surface area (Å²) in [5.74, 6) is 0. The van der Waals surface area contributed by atoms with Gasteiger partial charge in [-0.1, -0.05) is 31.5 Å². The Labute approximate surface area is 95.2 Å². The van der Waals surface area contributed by atoms with Crippen molar-refractivity contribution in [3.8, 4) is 0 Å². The third-order valence-electron chi connectivity index (χ3n) is 1.82. The molecule has 0 aliphatic rings. The third-order valence-corrected chi connectivity index (χ3v) is 3.15. The van der Waals surface area contributed by atoms with Crippen molar-refractivity contribution in [3.63, 3.8) is 0 Å². The number of thioether (sulfide) groups is 1. The van der Waals surface area contributed by atoms with Crippen LogP contribution in [0.15, 0.2) is 29.2 Å². The van der Waals surface area contributed by atoms with Crippen molar-refractivity contribution in [1.82, 2.24) is 5.32 Å². The van der Waals surface area contributed by atoms with Crippen molar-refractivity contribution in [1.29, 1.82) is 0 Å². The van der Waals surface area contributed by atoms with Gasteiger partial charge in [0.2, 0.25) is 0 Å². The molecule has 0 saturated heterocycles. The van der Waals surface area contributed by atoms with E-state index in [9.17, 15) is 0 Å². The first-order valence-electron chi connectivity index (χ1n) is 4.85. The van der Waals surface area contributed by atoms with E-state index < -0.39 is 0 Å². The molecule has 0 amide bonds. The largest absolute Gasteiger partial charge is 0.316 e. The molecule has 0 radical (unpaired) electrons. The predicted octanol–water partition coefficient (Wildman–Crippen LogP) is 3.43. The maximum absolute atomic E-state index is 5.90. The highest BCUT2D eigenvalue weighted by Crippen LogP contribution is 2.25. The first kappa shape index (κ1) is 11.9. The Bertz CT molecular complexity index is 278. The van der Waals surface area contributed by atoms with E-state index in [2.05, 4.69) is 25.2 Å². The summed E-state index contributed by atoms with van der Waals surface area (Å²) in [5, 5.41) is 4.72. The first-order chi connectivity index (χ1) is 6.72. The molecule has 0 fully saturated rings. The molecular formula is C11H16ClNS. The summed E-state index contributed by atoms with van der Waals surface area (Å²) >= 11 is 7.75. The van der Waals surface area contributed by atoms with Crippen LogP contribution in [0, 0.1) is 0 Å². The number of halogens is 1. The van der Waals surface area contributed by atoms with Gasteiger partial charge >= 0.3 is 0 Å². The highest BCUT2D eigenvalue weighted by Gasteiger charge is 2.03. The van der Waals surface area contributed by atoms with Crippen molar-refractivity contribution in [3.05, 3.63) is 29.3 Å². The second-order valence-corrected chi connectivity index (χ2v) is 5.14. The Morgan fingerprint density at radius 2 is 2.29 bits per heavy atom. The molecule has 1 unspecified atom stereocenters. The molecular weight excluding hydrogens is 214 g/mol. The van der Waals surface area contributed by atoms with E-state index >= 15 is 0 Å². The van der Waals surface area contributed by atoms with Gasteiger partial charge in [-0.25, -0.2) is 0 Å². The Hall–Kier alpha value is -0.180.